The van der Waals surface area contributed by atoms with Gasteiger partial charge in [-0.3, -0.25) is 4.79 Å². The Morgan fingerprint density at radius 1 is 1.47 bits per heavy atom. The third kappa shape index (κ3) is 4.70. The van der Waals surface area contributed by atoms with Crippen molar-refractivity contribution < 1.29 is 9.18 Å². The van der Waals surface area contributed by atoms with Gasteiger partial charge in [0.05, 0.1) is 12.0 Å². The van der Waals surface area contributed by atoms with Crippen LogP contribution in [0.4, 0.5) is 4.39 Å². The third-order valence-corrected chi connectivity index (χ3v) is 3.00. The van der Waals surface area contributed by atoms with Gasteiger partial charge in [-0.15, -0.1) is 0 Å². The fraction of sp³-hybridized carbons (Fsp3) is 0.467. The summed E-state index contributed by atoms with van der Waals surface area (Å²) in [4.78, 5) is 13.7. The molecule has 19 heavy (non-hydrogen) atoms. The molecule has 0 bridgehead atoms. The zero-order valence-corrected chi connectivity index (χ0v) is 11.6. The van der Waals surface area contributed by atoms with Gasteiger partial charge in [-0.1, -0.05) is 19.1 Å². The van der Waals surface area contributed by atoms with Gasteiger partial charge in [0.2, 0.25) is 5.91 Å². The second kappa shape index (κ2) is 6.89. The predicted octanol–water partition coefficient (Wildman–Crippen LogP) is 2.62. The predicted molar refractivity (Wildman–Crippen MR) is 71.7 cm³/mol. The highest BCUT2D eigenvalue weighted by Gasteiger charge is 2.19. The maximum absolute atomic E-state index is 13.1. The lowest BCUT2D eigenvalue weighted by atomic mass is 9.99. The molecule has 1 rings (SSSR count). The van der Waals surface area contributed by atoms with Crippen molar-refractivity contribution in [3.8, 4) is 6.07 Å². The minimum atomic E-state index is -0.288. The molecule has 4 heteroatoms. The molecule has 0 spiro atoms. The maximum Gasteiger partial charge on any atom is 0.225 e. The van der Waals surface area contributed by atoms with E-state index in [4.69, 9.17) is 5.26 Å². The number of carbonyl (C=O) groups excluding carboxylic acids is 1. The molecule has 0 fully saturated rings. The van der Waals surface area contributed by atoms with E-state index in [1.807, 2.05) is 13.0 Å². The Kier molecular flexibility index (Phi) is 5.50. The first-order chi connectivity index (χ1) is 8.93. The van der Waals surface area contributed by atoms with Crippen molar-refractivity contribution in [1.82, 2.24) is 4.90 Å². The van der Waals surface area contributed by atoms with Crippen molar-refractivity contribution >= 4 is 5.91 Å². The Bertz CT molecular complexity index is 481. The van der Waals surface area contributed by atoms with Crippen LogP contribution >= 0.6 is 0 Å². The number of hydrogen-bond donors (Lipinski definition) is 0. The van der Waals surface area contributed by atoms with Crippen LogP contribution in [-0.4, -0.2) is 24.4 Å². The topological polar surface area (TPSA) is 44.1 Å². The summed E-state index contributed by atoms with van der Waals surface area (Å²) in [6.07, 6.45) is 0.502. The second-order valence-corrected chi connectivity index (χ2v) is 4.98. The van der Waals surface area contributed by atoms with Crippen molar-refractivity contribution in [2.24, 2.45) is 11.8 Å². The summed E-state index contributed by atoms with van der Waals surface area (Å²) in [6, 6.07) is 8.39. The number of benzene rings is 1. The van der Waals surface area contributed by atoms with Gasteiger partial charge in [-0.25, -0.2) is 4.39 Å². The Morgan fingerprint density at radius 2 is 2.16 bits per heavy atom. The Morgan fingerprint density at radius 3 is 2.74 bits per heavy atom. The molecule has 102 valence electrons. The zero-order chi connectivity index (χ0) is 14.4. The van der Waals surface area contributed by atoms with E-state index in [1.54, 1.807) is 24.9 Å². The summed E-state index contributed by atoms with van der Waals surface area (Å²) in [7, 11) is 1.69. The highest BCUT2D eigenvalue weighted by molar-refractivity contribution is 5.78. The first-order valence-corrected chi connectivity index (χ1v) is 6.33. The van der Waals surface area contributed by atoms with Gasteiger partial charge >= 0.3 is 0 Å². The molecule has 3 nitrogen and oxygen atoms in total. The van der Waals surface area contributed by atoms with Crippen LogP contribution in [0.2, 0.25) is 0 Å². The van der Waals surface area contributed by atoms with E-state index >= 15 is 0 Å². The molecule has 0 radical (unpaired) electrons. The van der Waals surface area contributed by atoms with Crippen molar-refractivity contribution in [3.63, 3.8) is 0 Å². The molecule has 1 aromatic rings. The number of nitrogens with zero attached hydrogens (tertiary/aromatic N) is 2. The van der Waals surface area contributed by atoms with E-state index in [1.165, 1.54) is 12.1 Å². The lowest BCUT2D eigenvalue weighted by molar-refractivity contribution is -0.133. The standard InChI is InChI=1S/C15H19FN2O/c1-11(9-17)10-18(3)15(19)12(2)7-13-5-4-6-14(16)8-13/h4-6,8,11-12H,7,10H2,1-3H3. The van der Waals surface area contributed by atoms with Gasteiger partial charge in [0, 0.05) is 19.5 Å². The van der Waals surface area contributed by atoms with E-state index < -0.39 is 0 Å². The van der Waals surface area contributed by atoms with Gasteiger partial charge in [0.1, 0.15) is 5.82 Å². The number of hydrogen-bond acceptors (Lipinski definition) is 2. The number of amides is 1. The molecule has 0 aliphatic carbocycles. The van der Waals surface area contributed by atoms with E-state index in [-0.39, 0.29) is 23.6 Å². The molecule has 0 saturated heterocycles. The number of halogens is 1. The van der Waals surface area contributed by atoms with Gasteiger partial charge in [-0.05, 0) is 31.0 Å². The van der Waals surface area contributed by atoms with Crippen LogP contribution in [0, 0.1) is 29.0 Å². The Labute approximate surface area is 113 Å². The molecule has 2 atom stereocenters. The Hall–Kier alpha value is -1.89. The smallest absolute Gasteiger partial charge is 0.225 e. The molecule has 0 aromatic heterocycles. The molecule has 1 amide bonds. The van der Waals surface area contributed by atoms with Gasteiger partial charge in [0.25, 0.3) is 0 Å². The summed E-state index contributed by atoms with van der Waals surface area (Å²) in [5, 5.41) is 8.74. The second-order valence-electron chi connectivity index (χ2n) is 4.98. The van der Waals surface area contributed by atoms with Crippen LogP contribution in [0.3, 0.4) is 0 Å². The van der Waals surface area contributed by atoms with Crippen LogP contribution < -0.4 is 0 Å². The van der Waals surface area contributed by atoms with E-state index in [0.717, 1.165) is 5.56 Å². The number of rotatable bonds is 5. The summed E-state index contributed by atoms with van der Waals surface area (Å²) < 4.78 is 13.1. The summed E-state index contributed by atoms with van der Waals surface area (Å²) in [5.74, 6) is -0.719. The van der Waals surface area contributed by atoms with Crippen molar-refractivity contribution in [2.75, 3.05) is 13.6 Å². The normalized spacial score (nSPS) is 13.4. The van der Waals surface area contributed by atoms with Crippen molar-refractivity contribution in [3.05, 3.63) is 35.6 Å². The Balaban J connectivity index is 2.60. The van der Waals surface area contributed by atoms with Gasteiger partial charge < -0.3 is 4.90 Å². The van der Waals surface area contributed by atoms with E-state index in [9.17, 15) is 9.18 Å². The van der Waals surface area contributed by atoms with Gasteiger partial charge in [0.15, 0.2) is 0 Å². The molecule has 2 unspecified atom stereocenters. The van der Waals surface area contributed by atoms with Crippen molar-refractivity contribution in [1.29, 1.82) is 5.26 Å². The zero-order valence-electron chi connectivity index (χ0n) is 11.6. The minimum absolute atomic E-state index is 0.0219. The lowest BCUT2D eigenvalue weighted by Gasteiger charge is -2.22. The maximum atomic E-state index is 13.1. The van der Waals surface area contributed by atoms with Crippen LogP contribution in [-0.2, 0) is 11.2 Å². The molecule has 0 heterocycles. The van der Waals surface area contributed by atoms with Crippen LogP contribution in [0.5, 0.6) is 0 Å². The molecule has 0 N–H and O–H groups in total. The molecule has 0 aliphatic heterocycles. The first kappa shape index (κ1) is 15.2. The largest absolute Gasteiger partial charge is 0.344 e. The number of carbonyl (C=O) groups is 1. The van der Waals surface area contributed by atoms with E-state index in [2.05, 4.69) is 6.07 Å². The first-order valence-electron chi connectivity index (χ1n) is 6.33. The molecule has 0 saturated carbocycles. The average Bonchev–Trinajstić information content (AvgIpc) is 2.37. The monoisotopic (exact) mass is 262 g/mol. The minimum Gasteiger partial charge on any atom is -0.344 e. The third-order valence-electron chi connectivity index (χ3n) is 3.00. The fourth-order valence-corrected chi connectivity index (χ4v) is 2.02. The van der Waals surface area contributed by atoms with E-state index in [0.29, 0.717) is 13.0 Å². The summed E-state index contributed by atoms with van der Waals surface area (Å²) >= 11 is 0. The van der Waals surface area contributed by atoms with Crippen LogP contribution in [0.25, 0.3) is 0 Å². The highest BCUT2D eigenvalue weighted by Crippen LogP contribution is 2.13. The summed E-state index contributed by atoms with van der Waals surface area (Å²) in [6.45, 7) is 4.02. The van der Waals surface area contributed by atoms with Gasteiger partial charge in [-0.2, -0.15) is 5.26 Å². The SMILES string of the molecule is CC(C#N)CN(C)C(=O)C(C)Cc1cccc(F)c1. The molecular weight excluding hydrogens is 243 g/mol. The summed E-state index contributed by atoms with van der Waals surface area (Å²) in [5.41, 5.74) is 0.808. The molecule has 0 aliphatic rings. The van der Waals surface area contributed by atoms with Crippen LogP contribution in [0.1, 0.15) is 19.4 Å². The van der Waals surface area contributed by atoms with Crippen LogP contribution in [0.15, 0.2) is 24.3 Å². The number of nitriles is 1. The van der Waals surface area contributed by atoms with Crippen molar-refractivity contribution in [2.45, 2.75) is 20.3 Å². The molecule has 1 aromatic carbocycles. The highest BCUT2D eigenvalue weighted by atomic mass is 19.1. The lowest BCUT2D eigenvalue weighted by Crippen LogP contribution is -2.35. The quantitative estimate of drug-likeness (QED) is 0.818. The fourth-order valence-electron chi connectivity index (χ4n) is 2.02. The average molecular weight is 262 g/mol. The molecular formula is C15H19FN2O.